The minimum Gasteiger partial charge on any atom is -0.376 e. The molecule has 0 radical (unpaired) electrons. The number of aromatic nitrogens is 3. The van der Waals surface area contributed by atoms with Crippen LogP contribution in [0, 0.1) is 18.8 Å². The second-order valence-corrected chi connectivity index (χ2v) is 6.05. The summed E-state index contributed by atoms with van der Waals surface area (Å²) in [6.45, 7) is 3.69. The Morgan fingerprint density at radius 3 is 3.04 bits per heavy atom. The average Bonchev–Trinajstić information content (AvgIpc) is 3.02. The zero-order valence-corrected chi connectivity index (χ0v) is 14.0. The van der Waals surface area contributed by atoms with Crippen molar-refractivity contribution < 1.29 is 4.74 Å². The number of nitrogens with zero attached hydrogens (tertiary/aromatic N) is 3. The normalized spacial score (nSPS) is 17.6. The zero-order chi connectivity index (χ0) is 16.1. The van der Waals surface area contributed by atoms with Crippen LogP contribution in [0.4, 0.5) is 0 Å². The average molecular weight is 330 g/mol. The van der Waals surface area contributed by atoms with E-state index in [1.165, 1.54) is 6.42 Å². The highest BCUT2D eigenvalue weighted by Crippen LogP contribution is 2.22. The molecule has 1 unspecified atom stereocenters. The molecule has 5 heteroatoms. The van der Waals surface area contributed by atoms with E-state index in [0.717, 1.165) is 48.4 Å². The number of hydrogen-bond donors (Lipinski definition) is 0. The first-order chi connectivity index (χ1) is 11.3. The topological polar surface area (TPSA) is 39.9 Å². The molecular weight excluding hydrogens is 310 g/mol. The van der Waals surface area contributed by atoms with Crippen LogP contribution in [-0.2, 0) is 11.3 Å². The number of alkyl halides is 1. The summed E-state index contributed by atoms with van der Waals surface area (Å²) in [5.41, 5.74) is 4.06. The number of rotatable bonds is 3. The summed E-state index contributed by atoms with van der Waals surface area (Å²) >= 11 is 5.60. The van der Waals surface area contributed by atoms with E-state index in [0.29, 0.717) is 5.88 Å². The molecule has 1 atom stereocenters. The van der Waals surface area contributed by atoms with Crippen LogP contribution in [0.25, 0.3) is 11.3 Å². The van der Waals surface area contributed by atoms with Gasteiger partial charge in [0, 0.05) is 17.7 Å². The van der Waals surface area contributed by atoms with Gasteiger partial charge in [0.1, 0.15) is 5.69 Å². The number of aryl methyl sites for hydroxylation is 1. The first kappa shape index (κ1) is 16.0. The molecule has 2 heterocycles. The van der Waals surface area contributed by atoms with Crippen molar-refractivity contribution in [2.75, 3.05) is 12.5 Å². The van der Waals surface area contributed by atoms with Crippen LogP contribution >= 0.6 is 11.6 Å². The van der Waals surface area contributed by atoms with Gasteiger partial charge in [-0.25, -0.2) is 4.68 Å². The smallest absolute Gasteiger partial charge is 0.113 e. The summed E-state index contributed by atoms with van der Waals surface area (Å²) in [5.74, 6) is 6.25. The zero-order valence-electron chi connectivity index (χ0n) is 13.3. The van der Waals surface area contributed by atoms with Gasteiger partial charge < -0.3 is 4.74 Å². The van der Waals surface area contributed by atoms with Crippen molar-refractivity contribution in [2.24, 2.45) is 0 Å². The SMILES string of the molecule is Cc1cc(C#CCCl)ccc1-c1cn(CC2CCCCO2)nn1. The van der Waals surface area contributed by atoms with E-state index in [1.54, 1.807) is 0 Å². The lowest BCUT2D eigenvalue weighted by atomic mass is 10.0. The first-order valence-corrected chi connectivity index (χ1v) is 8.47. The van der Waals surface area contributed by atoms with Crippen LogP contribution in [0.5, 0.6) is 0 Å². The second-order valence-electron chi connectivity index (χ2n) is 5.78. The molecule has 0 saturated carbocycles. The Labute approximate surface area is 141 Å². The van der Waals surface area contributed by atoms with Crippen LogP contribution < -0.4 is 0 Å². The molecule has 1 saturated heterocycles. The van der Waals surface area contributed by atoms with Gasteiger partial charge in [-0.1, -0.05) is 23.1 Å². The minimum atomic E-state index is 0.257. The molecule has 4 nitrogen and oxygen atoms in total. The van der Waals surface area contributed by atoms with Gasteiger partial charge in [0.15, 0.2) is 0 Å². The van der Waals surface area contributed by atoms with Crippen molar-refractivity contribution in [3.8, 4) is 23.1 Å². The monoisotopic (exact) mass is 329 g/mol. The summed E-state index contributed by atoms with van der Waals surface area (Å²) in [6.07, 6.45) is 5.74. The molecule has 0 amide bonds. The molecule has 0 aliphatic carbocycles. The van der Waals surface area contributed by atoms with Gasteiger partial charge in [0.05, 0.1) is 24.7 Å². The van der Waals surface area contributed by atoms with Gasteiger partial charge in [-0.15, -0.1) is 16.7 Å². The van der Waals surface area contributed by atoms with Crippen molar-refractivity contribution in [3.05, 3.63) is 35.5 Å². The van der Waals surface area contributed by atoms with Crippen molar-refractivity contribution in [3.63, 3.8) is 0 Å². The highest BCUT2D eigenvalue weighted by atomic mass is 35.5. The summed E-state index contributed by atoms with van der Waals surface area (Å²) < 4.78 is 7.64. The lowest BCUT2D eigenvalue weighted by molar-refractivity contribution is 0.00370. The fourth-order valence-electron chi connectivity index (χ4n) is 2.84. The Morgan fingerprint density at radius 2 is 2.30 bits per heavy atom. The van der Waals surface area contributed by atoms with Gasteiger partial charge in [-0.05, 0) is 43.9 Å². The van der Waals surface area contributed by atoms with E-state index in [9.17, 15) is 0 Å². The molecule has 2 aromatic rings. The predicted octanol–water partition coefficient (Wildman–Crippen LogP) is 3.41. The molecule has 23 heavy (non-hydrogen) atoms. The Kier molecular flexibility index (Phi) is 5.32. The molecule has 0 N–H and O–H groups in total. The highest BCUT2D eigenvalue weighted by Gasteiger charge is 2.16. The van der Waals surface area contributed by atoms with Gasteiger partial charge in [-0.3, -0.25) is 0 Å². The standard InChI is InChI=1S/C18H20ClN3O/c1-14-11-15(5-4-9-19)7-8-17(14)18-13-22(21-20-18)12-16-6-2-3-10-23-16/h7-8,11,13,16H,2-3,6,9-10,12H2,1H3. The first-order valence-electron chi connectivity index (χ1n) is 7.94. The quantitative estimate of drug-likeness (QED) is 0.640. The van der Waals surface area contributed by atoms with E-state index in [4.69, 9.17) is 16.3 Å². The van der Waals surface area contributed by atoms with Gasteiger partial charge in [0.25, 0.3) is 0 Å². The molecule has 0 bridgehead atoms. The largest absolute Gasteiger partial charge is 0.376 e. The molecule has 1 aliphatic rings. The van der Waals surface area contributed by atoms with Gasteiger partial charge in [-0.2, -0.15) is 0 Å². The van der Waals surface area contributed by atoms with Crippen LogP contribution in [0.2, 0.25) is 0 Å². The van der Waals surface area contributed by atoms with E-state index in [-0.39, 0.29) is 6.10 Å². The molecule has 1 aromatic carbocycles. The van der Waals surface area contributed by atoms with Gasteiger partial charge in [0.2, 0.25) is 0 Å². The third-order valence-electron chi connectivity index (χ3n) is 4.01. The maximum Gasteiger partial charge on any atom is 0.113 e. The molecule has 120 valence electrons. The number of ether oxygens (including phenoxy) is 1. The third-order valence-corrected chi connectivity index (χ3v) is 4.14. The lowest BCUT2D eigenvalue weighted by Gasteiger charge is -2.21. The van der Waals surface area contributed by atoms with Crippen molar-refractivity contribution in [1.82, 2.24) is 15.0 Å². The molecule has 3 rings (SSSR count). The van der Waals surface area contributed by atoms with E-state index < -0.39 is 0 Å². The summed E-state index contributed by atoms with van der Waals surface area (Å²) in [5, 5.41) is 8.55. The van der Waals surface area contributed by atoms with Crippen molar-refractivity contribution in [1.29, 1.82) is 0 Å². The molecule has 1 aromatic heterocycles. The van der Waals surface area contributed by atoms with Crippen LogP contribution in [0.15, 0.2) is 24.4 Å². The van der Waals surface area contributed by atoms with E-state index >= 15 is 0 Å². The number of benzene rings is 1. The predicted molar refractivity (Wildman–Crippen MR) is 91.4 cm³/mol. The van der Waals surface area contributed by atoms with E-state index in [2.05, 4.69) is 35.1 Å². The second kappa shape index (κ2) is 7.63. The summed E-state index contributed by atoms with van der Waals surface area (Å²) in [7, 11) is 0. The fraction of sp³-hybridized carbons (Fsp3) is 0.444. The van der Waals surface area contributed by atoms with Crippen molar-refractivity contribution >= 4 is 11.6 Å². The number of halogens is 1. The van der Waals surface area contributed by atoms with Crippen LogP contribution in [-0.4, -0.2) is 33.6 Å². The summed E-state index contributed by atoms with van der Waals surface area (Å²) in [6, 6.07) is 6.09. The minimum absolute atomic E-state index is 0.257. The molecule has 1 fully saturated rings. The van der Waals surface area contributed by atoms with E-state index in [1.807, 2.05) is 23.0 Å². The Balaban J connectivity index is 1.74. The van der Waals surface area contributed by atoms with Gasteiger partial charge >= 0.3 is 0 Å². The Morgan fingerprint density at radius 1 is 1.39 bits per heavy atom. The molecular formula is C18H20ClN3O. The third kappa shape index (κ3) is 4.13. The maximum atomic E-state index is 5.76. The van der Waals surface area contributed by atoms with Crippen molar-refractivity contribution in [2.45, 2.75) is 38.8 Å². The number of hydrogen-bond acceptors (Lipinski definition) is 3. The summed E-state index contributed by atoms with van der Waals surface area (Å²) in [4.78, 5) is 0. The highest BCUT2D eigenvalue weighted by molar-refractivity contribution is 6.19. The molecule has 0 spiro atoms. The van der Waals surface area contributed by atoms with Crippen LogP contribution in [0.3, 0.4) is 0 Å². The maximum absolute atomic E-state index is 5.76. The Bertz CT molecular complexity index is 723. The molecule has 1 aliphatic heterocycles. The fourth-order valence-corrected chi connectivity index (χ4v) is 2.90. The van der Waals surface area contributed by atoms with Crippen LogP contribution in [0.1, 0.15) is 30.4 Å². The Hall–Kier alpha value is -1.83. The lowest BCUT2D eigenvalue weighted by Crippen LogP contribution is -2.24.